The number of halogens is 1. The molecule has 1 rings (SSSR count). The minimum absolute atomic E-state index is 0.577. The number of nitrogens with zero attached hydrogens (tertiary/aromatic N) is 1. The zero-order chi connectivity index (χ0) is 8.59. The van der Waals surface area contributed by atoms with Crippen LogP contribution in [0.15, 0.2) is 0 Å². The summed E-state index contributed by atoms with van der Waals surface area (Å²) in [6, 6.07) is 0. The molecule has 0 radical (unpaired) electrons. The molecular weight excluding hydrogens is 160 g/mol. The zero-order valence-electron chi connectivity index (χ0n) is 6.90. The average molecular weight is 171 g/mol. The van der Waals surface area contributed by atoms with Crippen molar-refractivity contribution in [2.24, 2.45) is 0 Å². The second kappa shape index (κ2) is 2.70. The fourth-order valence-corrected chi connectivity index (χ4v) is 1.12. The van der Waals surface area contributed by atoms with Crippen LogP contribution in [0, 0.1) is 20.8 Å². The molecule has 11 heavy (non-hydrogen) atoms. The van der Waals surface area contributed by atoms with Gasteiger partial charge in [0.1, 0.15) is 0 Å². The van der Waals surface area contributed by atoms with Gasteiger partial charge < -0.3 is 5.73 Å². The molecule has 0 aliphatic rings. The molecule has 0 atom stereocenters. The van der Waals surface area contributed by atoms with Crippen molar-refractivity contribution in [2.75, 3.05) is 5.73 Å². The molecule has 0 fully saturated rings. The molecule has 0 saturated heterocycles. The number of anilines is 1. The van der Waals surface area contributed by atoms with E-state index in [9.17, 15) is 0 Å². The predicted octanol–water partition coefficient (Wildman–Crippen LogP) is 2.24. The second-order valence-electron chi connectivity index (χ2n) is 2.64. The summed E-state index contributed by atoms with van der Waals surface area (Å²) in [6.07, 6.45) is 0. The molecule has 0 aliphatic carbocycles. The Kier molecular flexibility index (Phi) is 2.05. The number of hydrogen-bond donors (Lipinski definition) is 1. The Morgan fingerprint density at radius 1 is 1.18 bits per heavy atom. The molecule has 0 bridgehead atoms. The van der Waals surface area contributed by atoms with Crippen molar-refractivity contribution in [1.82, 2.24) is 4.98 Å². The zero-order valence-corrected chi connectivity index (χ0v) is 7.66. The van der Waals surface area contributed by atoms with E-state index in [1.807, 2.05) is 20.8 Å². The SMILES string of the molecule is Cc1nc(C)c(Cl)c(N)c1C. The molecule has 60 valence electrons. The van der Waals surface area contributed by atoms with Crippen LogP contribution in [-0.4, -0.2) is 4.98 Å². The largest absolute Gasteiger partial charge is 0.397 e. The summed E-state index contributed by atoms with van der Waals surface area (Å²) in [5, 5.41) is 0.577. The van der Waals surface area contributed by atoms with Gasteiger partial charge in [-0.05, 0) is 26.3 Å². The maximum absolute atomic E-state index is 5.87. The number of aromatic nitrogens is 1. The highest BCUT2D eigenvalue weighted by molar-refractivity contribution is 6.33. The molecule has 0 unspecified atom stereocenters. The van der Waals surface area contributed by atoms with E-state index in [-0.39, 0.29) is 0 Å². The molecule has 0 aliphatic heterocycles. The van der Waals surface area contributed by atoms with Gasteiger partial charge in [0.15, 0.2) is 0 Å². The number of hydrogen-bond acceptors (Lipinski definition) is 2. The third-order valence-corrected chi connectivity index (χ3v) is 2.31. The Morgan fingerprint density at radius 3 is 2.27 bits per heavy atom. The van der Waals surface area contributed by atoms with Gasteiger partial charge in [-0.25, -0.2) is 0 Å². The summed E-state index contributed by atoms with van der Waals surface area (Å²) < 4.78 is 0. The smallest absolute Gasteiger partial charge is 0.0850 e. The fourth-order valence-electron chi connectivity index (χ4n) is 0.939. The van der Waals surface area contributed by atoms with Gasteiger partial charge in [-0.2, -0.15) is 0 Å². The van der Waals surface area contributed by atoms with Gasteiger partial charge in [-0.1, -0.05) is 11.6 Å². The van der Waals surface area contributed by atoms with Crippen LogP contribution < -0.4 is 5.73 Å². The lowest BCUT2D eigenvalue weighted by Gasteiger charge is -2.07. The van der Waals surface area contributed by atoms with Crippen LogP contribution >= 0.6 is 11.6 Å². The first-order valence-electron chi connectivity index (χ1n) is 3.42. The van der Waals surface area contributed by atoms with Crippen LogP contribution in [0.4, 0.5) is 5.69 Å². The van der Waals surface area contributed by atoms with Crippen molar-refractivity contribution in [2.45, 2.75) is 20.8 Å². The van der Waals surface area contributed by atoms with Crippen LogP contribution in [-0.2, 0) is 0 Å². The van der Waals surface area contributed by atoms with Crippen molar-refractivity contribution in [1.29, 1.82) is 0 Å². The van der Waals surface area contributed by atoms with Gasteiger partial charge in [0.05, 0.1) is 16.4 Å². The molecule has 2 nitrogen and oxygen atoms in total. The van der Waals surface area contributed by atoms with Crippen LogP contribution in [0.5, 0.6) is 0 Å². The van der Waals surface area contributed by atoms with E-state index >= 15 is 0 Å². The number of rotatable bonds is 0. The van der Waals surface area contributed by atoms with Crippen molar-refractivity contribution in [3.63, 3.8) is 0 Å². The monoisotopic (exact) mass is 170 g/mol. The Morgan fingerprint density at radius 2 is 1.73 bits per heavy atom. The normalized spacial score (nSPS) is 10.2. The summed E-state index contributed by atoms with van der Waals surface area (Å²) in [4.78, 5) is 4.22. The minimum Gasteiger partial charge on any atom is -0.397 e. The van der Waals surface area contributed by atoms with Crippen LogP contribution in [0.25, 0.3) is 0 Å². The van der Waals surface area contributed by atoms with E-state index in [2.05, 4.69) is 4.98 Å². The van der Waals surface area contributed by atoms with Crippen molar-refractivity contribution in [3.8, 4) is 0 Å². The Bertz CT molecular complexity index is 268. The summed E-state index contributed by atoms with van der Waals surface area (Å²) in [5.74, 6) is 0. The molecule has 2 N–H and O–H groups in total. The lowest BCUT2D eigenvalue weighted by molar-refractivity contribution is 1.09. The van der Waals surface area contributed by atoms with Crippen LogP contribution in [0.3, 0.4) is 0 Å². The minimum atomic E-state index is 0.577. The number of aryl methyl sites for hydroxylation is 2. The predicted molar refractivity (Wildman–Crippen MR) is 47.9 cm³/mol. The van der Waals surface area contributed by atoms with Gasteiger partial charge in [0, 0.05) is 5.69 Å². The van der Waals surface area contributed by atoms with Crippen molar-refractivity contribution in [3.05, 3.63) is 22.0 Å². The second-order valence-corrected chi connectivity index (χ2v) is 3.01. The Labute approximate surface area is 71.4 Å². The number of nitrogens with two attached hydrogens (primary N) is 1. The highest BCUT2D eigenvalue weighted by Gasteiger charge is 2.06. The van der Waals surface area contributed by atoms with E-state index in [4.69, 9.17) is 17.3 Å². The molecule has 0 saturated carbocycles. The van der Waals surface area contributed by atoms with Gasteiger partial charge in [-0.3, -0.25) is 4.98 Å². The van der Waals surface area contributed by atoms with E-state index < -0.39 is 0 Å². The molecule has 0 aromatic carbocycles. The molecule has 1 aromatic rings. The summed E-state index contributed by atoms with van der Waals surface area (Å²) in [5.41, 5.74) is 9.08. The van der Waals surface area contributed by atoms with E-state index in [1.165, 1.54) is 0 Å². The first-order chi connectivity index (χ1) is 5.04. The quantitative estimate of drug-likeness (QED) is 0.649. The Balaban J connectivity index is 3.46. The number of nitrogen functional groups attached to an aromatic ring is 1. The van der Waals surface area contributed by atoms with E-state index in [1.54, 1.807) is 0 Å². The summed E-state index contributed by atoms with van der Waals surface area (Å²) in [7, 11) is 0. The topological polar surface area (TPSA) is 38.9 Å². The lowest BCUT2D eigenvalue weighted by Crippen LogP contribution is -1.99. The van der Waals surface area contributed by atoms with Gasteiger partial charge in [-0.15, -0.1) is 0 Å². The van der Waals surface area contributed by atoms with E-state index in [0.29, 0.717) is 10.7 Å². The van der Waals surface area contributed by atoms with E-state index in [0.717, 1.165) is 17.0 Å². The standard InChI is InChI=1S/C8H11ClN2/c1-4-5(2)11-6(3)7(9)8(4)10/h1-3H3,(H2,10,11). The maximum Gasteiger partial charge on any atom is 0.0850 e. The van der Waals surface area contributed by atoms with Crippen LogP contribution in [0.2, 0.25) is 5.02 Å². The molecule has 1 aromatic heterocycles. The lowest BCUT2D eigenvalue weighted by atomic mass is 10.2. The fraction of sp³-hybridized carbons (Fsp3) is 0.375. The maximum atomic E-state index is 5.87. The molecule has 0 amide bonds. The summed E-state index contributed by atoms with van der Waals surface area (Å²) in [6.45, 7) is 5.70. The third kappa shape index (κ3) is 1.31. The average Bonchev–Trinajstić information content (AvgIpc) is 1.97. The number of pyridine rings is 1. The van der Waals surface area contributed by atoms with Gasteiger partial charge in [0.2, 0.25) is 0 Å². The van der Waals surface area contributed by atoms with Crippen LogP contribution in [0.1, 0.15) is 17.0 Å². The first-order valence-corrected chi connectivity index (χ1v) is 3.80. The highest BCUT2D eigenvalue weighted by atomic mass is 35.5. The van der Waals surface area contributed by atoms with Gasteiger partial charge in [0.25, 0.3) is 0 Å². The first kappa shape index (κ1) is 8.34. The molecule has 1 heterocycles. The van der Waals surface area contributed by atoms with Crippen molar-refractivity contribution >= 4 is 17.3 Å². The molecule has 3 heteroatoms. The van der Waals surface area contributed by atoms with Gasteiger partial charge >= 0.3 is 0 Å². The third-order valence-electron chi connectivity index (χ3n) is 1.84. The van der Waals surface area contributed by atoms with Crippen molar-refractivity contribution < 1.29 is 0 Å². The summed E-state index contributed by atoms with van der Waals surface area (Å²) >= 11 is 5.87. The highest BCUT2D eigenvalue weighted by Crippen LogP contribution is 2.25. The Hall–Kier alpha value is -0.760. The molecular formula is C8H11ClN2. The molecule has 0 spiro atoms.